The number of carbonyl (C=O) groups excluding carboxylic acids is 1. The lowest BCUT2D eigenvalue weighted by molar-refractivity contribution is 0.101. The van der Waals surface area contributed by atoms with E-state index in [1.807, 2.05) is 5.38 Å². The number of Topliss-reactive ketones (excluding diaryl/α,β-unsaturated/α-hetero) is 1. The standard InChI is InChI=1S/C11H16N2OS/c1-8-5-3-4-6-13(8)11-12-10(7-15-11)9(2)14/h7-8H,3-6H2,1-2H3. The number of hydrogen-bond acceptors (Lipinski definition) is 4. The van der Waals surface area contributed by atoms with E-state index in [9.17, 15) is 4.79 Å². The number of aromatic nitrogens is 1. The van der Waals surface area contributed by atoms with Crippen molar-refractivity contribution in [3.63, 3.8) is 0 Å². The number of rotatable bonds is 2. The number of thiazole rings is 1. The molecule has 0 N–H and O–H groups in total. The van der Waals surface area contributed by atoms with Gasteiger partial charge in [-0.1, -0.05) is 0 Å². The first-order valence-electron chi connectivity index (χ1n) is 5.41. The molecular formula is C11H16N2OS. The highest BCUT2D eigenvalue weighted by Crippen LogP contribution is 2.27. The summed E-state index contributed by atoms with van der Waals surface area (Å²) in [4.78, 5) is 17.8. The number of piperidine rings is 1. The second kappa shape index (κ2) is 4.31. The number of anilines is 1. The summed E-state index contributed by atoms with van der Waals surface area (Å²) in [5, 5.41) is 2.87. The smallest absolute Gasteiger partial charge is 0.186 e. The van der Waals surface area contributed by atoms with Gasteiger partial charge in [-0.25, -0.2) is 4.98 Å². The summed E-state index contributed by atoms with van der Waals surface area (Å²) in [6, 6.07) is 0.560. The molecule has 1 unspecified atom stereocenters. The van der Waals surface area contributed by atoms with Gasteiger partial charge in [0.1, 0.15) is 5.69 Å². The number of carbonyl (C=O) groups is 1. The van der Waals surface area contributed by atoms with Crippen LogP contribution in [0.25, 0.3) is 0 Å². The Labute approximate surface area is 94.1 Å². The Balaban J connectivity index is 2.17. The molecule has 2 rings (SSSR count). The predicted octanol–water partition coefficient (Wildman–Crippen LogP) is 2.72. The van der Waals surface area contributed by atoms with Crippen LogP contribution in [-0.4, -0.2) is 23.4 Å². The maximum Gasteiger partial charge on any atom is 0.186 e. The van der Waals surface area contributed by atoms with Gasteiger partial charge in [-0.2, -0.15) is 0 Å². The average molecular weight is 224 g/mol. The van der Waals surface area contributed by atoms with Crippen molar-refractivity contribution in [1.29, 1.82) is 0 Å². The van der Waals surface area contributed by atoms with Gasteiger partial charge in [-0.15, -0.1) is 11.3 Å². The molecule has 1 aromatic rings. The molecule has 82 valence electrons. The van der Waals surface area contributed by atoms with Crippen LogP contribution in [0, 0.1) is 0 Å². The fraction of sp³-hybridized carbons (Fsp3) is 0.636. The van der Waals surface area contributed by atoms with Crippen LogP contribution in [0.1, 0.15) is 43.6 Å². The zero-order valence-electron chi connectivity index (χ0n) is 9.19. The first-order chi connectivity index (χ1) is 7.18. The van der Waals surface area contributed by atoms with Gasteiger partial charge in [-0.05, 0) is 26.2 Å². The molecule has 0 saturated carbocycles. The normalized spacial score (nSPS) is 21.7. The van der Waals surface area contributed by atoms with E-state index in [1.54, 1.807) is 18.3 Å². The summed E-state index contributed by atoms with van der Waals surface area (Å²) in [5.41, 5.74) is 0.604. The van der Waals surface area contributed by atoms with E-state index in [0.717, 1.165) is 11.7 Å². The predicted molar refractivity (Wildman–Crippen MR) is 62.8 cm³/mol. The van der Waals surface area contributed by atoms with Crippen molar-refractivity contribution >= 4 is 22.3 Å². The zero-order chi connectivity index (χ0) is 10.8. The largest absolute Gasteiger partial charge is 0.345 e. The first kappa shape index (κ1) is 10.6. The van der Waals surface area contributed by atoms with Crippen molar-refractivity contribution in [3.05, 3.63) is 11.1 Å². The lowest BCUT2D eigenvalue weighted by Gasteiger charge is -2.32. The average Bonchev–Trinajstić information content (AvgIpc) is 2.67. The molecule has 1 aromatic heterocycles. The molecule has 0 bridgehead atoms. The van der Waals surface area contributed by atoms with Crippen LogP contribution in [0.5, 0.6) is 0 Å². The van der Waals surface area contributed by atoms with E-state index in [0.29, 0.717) is 11.7 Å². The van der Waals surface area contributed by atoms with Crippen molar-refractivity contribution in [1.82, 2.24) is 4.98 Å². The molecule has 0 aromatic carbocycles. The van der Waals surface area contributed by atoms with Gasteiger partial charge in [0.05, 0.1) is 0 Å². The molecule has 1 saturated heterocycles. The van der Waals surface area contributed by atoms with Crippen LogP contribution >= 0.6 is 11.3 Å². The summed E-state index contributed by atoms with van der Waals surface area (Å²) in [7, 11) is 0. The van der Waals surface area contributed by atoms with Crippen molar-refractivity contribution in [2.75, 3.05) is 11.4 Å². The molecule has 15 heavy (non-hydrogen) atoms. The quantitative estimate of drug-likeness (QED) is 0.724. The topological polar surface area (TPSA) is 33.2 Å². The summed E-state index contributed by atoms with van der Waals surface area (Å²) in [6.07, 6.45) is 3.77. The summed E-state index contributed by atoms with van der Waals surface area (Å²) in [5.74, 6) is 0.0576. The first-order valence-corrected chi connectivity index (χ1v) is 6.29. The number of ketones is 1. The van der Waals surface area contributed by atoms with E-state index in [-0.39, 0.29) is 5.78 Å². The van der Waals surface area contributed by atoms with Crippen LogP contribution in [0.4, 0.5) is 5.13 Å². The number of hydrogen-bond donors (Lipinski definition) is 0. The molecule has 0 spiro atoms. The molecule has 0 amide bonds. The fourth-order valence-corrected chi connectivity index (χ4v) is 2.93. The van der Waals surface area contributed by atoms with E-state index < -0.39 is 0 Å². The molecule has 1 atom stereocenters. The van der Waals surface area contributed by atoms with Gasteiger partial charge in [-0.3, -0.25) is 4.79 Å². The highest BCUT2D eigenvalue weighted by atomic mass is 32.1. The Morgan fingerprint density at radius 2 is 2.40 bits per heavy atom. The van der Waals surface area contributed by atoms with Gasteiger partial charge in [0.15, 0.2) is 10.9 Å². The molecule has 0 aliphatic carbocycles. The van der Waals surface area contributed by atoms with Crippen molar-refractivity contribution in [2.24, 2.45) is 0 Å². The molecule has 0 radical (unpaired) electrons. The zero-order valence-corrected chi connectivity index (χ0v) is 10.0. The van der Waals surface area contributed by atoms with Crippen LogP contribution in [-0.2, 0) is 0 Å². The molecule has 4 heteroatoms. The SMILES string of the molecule is CC(=O)c1csc(N2CCCCC2C)n1. The van der Waals surface area contributed by atoms with Gasteiger partial charge in [0.25, 0.3) is 0 Å². The minimum atomic E-state index is 0.0576. The van der Waals surface area contributed by atoms with Crippen molar-refractivity contribution in [3.8, 4) is 0 Å². The van der Waals surface area contributed by atoms with E-state index in [2.05, 4.69) is 16.8 Å². The third kappa shape index (κ3) is 2.20. The maximum absolute atomic E-state index is 11.1. The lowest BCUT2D eigenvalue weighted by atomic mass is 10.1. The summed E-state index contributed by atoms with van der Waals surface area (Å²) in [6.45, 7) is 4.87. The molecule has 1 fully saturated rings. The highest BCUT2D eigenvalue weighted by Gasteiger charge is 2.21. The molecule has 3 nitrogen and oxygen atoms in total. The Hall–Kier alpha value is -0.900. The second-order valence-corrected chi connectivity index (χ2v) is 4.95. The van der Waals surface area contributed by atoms with Crippen LogP contribution < -0.4 is 4.90 Å². The van der Waals surface area contributed by atoms with Crippen molar-refractivity contribution in [2.45, 2.75) is 39.2 Å². The monoisotopic (exact) mass is 224 g/mol. The molecule has 1 aliphatic rings. The Morgan fingerprint density at radius 1 is 1.60 bits per heavy atom. The summed E-state index contributed by atoms with van der Waals surface area (Å²) < 4.78 is 0. The Bertz CT molecular complexity index is 361. The lowest BCUT2D eigenvalue weighted by Crippen LogP contribution is -2.37. The van der Waals surface area contributed by atoms with Crippen LogP contribution in [0.3, 0.4) is 0 Å². The van der Waals surface area contributed by atoms with Gasteiger partial charge < -0.3 is 4.90 Å². The van der Waals surface area contributed by atoms with Crippen LogP contribution in [0.15, 0.2) is 5.38 Å². The molecule has 2 heterocycles. The summed E-state index contributed by atoms with van der Waals surface area (Å²) >= 11 is 1.58. The van der Waals surface area contributed by atoms with Crippen LogP contribution in [0.2, 0.25) is 0 Å². The van der Waals surface area contributed by atoms with Gasteiger partial charge >= 0.3 is 0 Å². The highest BCUT2D eigenvalue weighted by molar-refractivity contribution is 7.13. The molecule has 1 aliphatic heterocycles. The minimum Gasteiger partial charge on any atom is -0.345 e. The van der Waals surface area contributed by atoms with E-state index >= 15 is 0 Å². The number of nitrogens with zero attached hydrogens (tertiary/aromatic N) is 2. The Morgan fingerprint density at radius 3 is 3.00 bits per heavy atom. The fourth-order valence-electron chi connectivity index (χ4n) is 1.94. The third-order valence-electron chi connectivity index (χ3n) is 2.90. The van der Waals surface area contributed by atoms with E-state index in [1.165, 1.54) is 19.3 Å². The molecular weight excluding hydrogens is 208 g/mol. The van der Waals surface area contributed by atoms with Gasteiger partial charge in [0, 0.05) is 24.9 Å². The van der Waals surface area contributed by atoms with Crippen molar-refractivity contribution < 1.29 is 4.79 Å². The second-order valence-electron chi connectivity index (χ2n) is 4.11. The minimum absolute atomic E-state index is 0.0576. The van der Waals surface area contributed by atoms with Gasteiger partial charge in [0.2, 0.25) is 0 Å². The Kier molecular flexibility index (Phi) is 3.05. The third-order valence-corrected chi connectivity index (χ3v) is 3.78. The maximum atomic E-state index is 11.1. The van der Waals surface area contributed by atoms with E-state index in [4.69, 9.17) is 0 Å².